The van der Waals surface area contributed by atoms with E-state index in [9.17, 15) is 0 Å². The molecule has 0 saturated carbocycles. The van der Waals surface area contributed by atoms with Gasteiger partial charge < -0.3 is 0 Å². The molecule has 10 aromatic rings. The monoisotopic (exact) mass is 666 g/mol. The van der Waals surface area contributed by atoms with Gasteiger partial charge in [-0.3, -0.25) is 24.9 Å². The smallest absolute Gasteiger partial charge is 0.164 e. The number of hydrogen-bond acceptors (Lipinski definition) is 8. The van der Waals surface area contributed by atoms with Gasteiger partial charge in [0.2, 0.25) is 0 Å². The van der Waals surface area contributed by atoms with E-state index in [-0.39, 0.29) is 0 Å². The van der Waals surface area contributed by atoms with E-state index in [1.165, 1.54) is 0 Å². The van der Waals surface area contributed by atoms with E-state index in [1.807, 2.05) is 91.5 Å². The maximum atomic E-state index is 5.12. The lowest BCUT2D eigenvalue weighted by atomic mass is 9.90. The number of benzene rings is 4. The third kappa shape index (κ3) is 5.09. The molecular formula is C44H26N8. The lowest BCUT2D eigenvalue weighted by Gasteiger charge is -2.16. The Bertz CT molecular complexity index is 2660. The minimum absolute atomic E-state index is 0.537. The first-order chi connectivity index (χ1) is 25.8. The highest BCUT2D eigenvalue weighted by atomic mass is 15.0. The highest BCUT2D eigenvalue weighted by Gasteiger charge is 2.20. The predicted octanol–water partition coefficient (Wildman–Crippen LogP) is 9.79. The van der Waals surface area contributed by atoms with Crippen LogP contribution in [-0.4, -0.2) is 39.9 Å². The summed E-state index contributed by atoms with van der Waals surface area (Å²) >= 11 is 0. The molecule has 0 amide bonds. The second kappa shape index (κ2) is 12.2. The Morgan fingerprint density at radius 2 is 0.788 bits per heavy atom. The van der Waals surface area contributed by atoms with Gasteiger partial charge in [0.05, 0.1) is 22.1 Å². The molecule has 0 unspecified atom stereocenters. The standard InChI is InChI=1S/C44H26N8/c1-2-8-27(9-3-1)42-50-43(28-14-20-45-21-15-28)52-44(51-42)33-23-31(38-34-12-6-16-46-36(34)25-29-10-4-18-48-40(29)38)22-32(24-33)39-35-13-7-17-47-37(35)26-30-11-5-19-49-41(30)39/h1-26H. The first-order valence-corrected chi connectivity index (χ1v) is 16.9. The fourth-order valence-corrected chi connectivity index (χ4v) is 7.01. The summed E-state index contributed by atoms with van der Waals surface area (Å²) in [6.45, 7) is 0. The van der Waals surface area contributed by atoms with E-state index >= 15 is 0 Å². The fraction of sp³-hybridized carbons (Fsp3) is 0. The molecule has 0 aliphatic heterocycles. The molecule has 4 aromatic carbocycles. The molecule has 8 heteroatoms. The summed E-state index contributed by atoms with van der Waals surface area (Å²) in [6.07, 6.45) is 10.8. The maximum Gasteiger partial charge on any atom is 0.164 e. The van der Waals surface area contributed by atoms with E-state index in [0.29, 0.717) is 17.5 Å². The second-order valence-electron chi connectivity index (χ2n) is 12.5. The van der Waals surface area contributed by atoms with E-state index in [1.54, 1.807) is 12.4 Å². The van der Waals surface area contributed by atoms with Crippen molar-refractivity contribution in [3.05, 3.63) is 159 Å². The van der Waals surface area contributed by atoms with Crippen molar-refractivity contribution in [2.24, 2.45) is 0 Å². The van der Waals surface area contributed by atoms with Crippen LogP contribution in [0.5, 0.6) is 0 Å². The summed E-state index contributed by atoms with van der Waals surface area (Å²) < 4.78 is 0. The molecular weight excluding hydrogens is 641 g/mol. The molecule has 242 valence electrons. The predicted molar refractivity (Wildman–Crippen MR) is 206 cm³/mol. The maximum absolute atomic E-state index is 5.12. The van der Waals surface area contributed by atoms with Crippen LogP contribution in [0.15, 0.2) is 159 Å². The lowest BCUT2D eigenvalue weighted by molar-refractivity contribution is 1.07. The third-order valence-corrected chi connectivity index (χ3v) is 9.33. The van der Waals surface area contributed by atoms with E-state index in [0.717, 1.165) is 82.6 Å². The normalized spacial score (nSPS) is 11.5. The topological polar surface area (TPSA) is 103 Å². The molecule has 6 heterocycles. The van der Waals surface area contributed by atoms with Crippen molar-refractivity contribution in [2.45, 2.75) is 0 Å². The Kier molecular flexibility index (Phi) is 6.95. The molecule has 0 bridgehead atoms. The van der Waals surface area contributed by atoms with E-state index < -0.39 is 0 Å². The van der Waals surface area contributed by atoms with Crippen LogP contribution in [0.4, 0.5) is 0 Å². The number of nitrogens with zero attached hydrogens (tertiary/aromatic N) is 8. The van der Waals surface area contributed by atoms with Crippen LogP contribution in [0, 0.1) is 0 Å². The van der Waals surface area contributed by atoms with Gasteiger partial charge in [0.25, 0.3) is 0 Å². The molecule has 0 atom stereocenters. The number of fused-ring (bicyclic) bond motifs is 4. The summed E-state index contributed by atoms with van der Waals surface area (Å²) in [5, 5.41) is 4.00. The Balaban J connectivity index is 1.33. The quantitative estimate of drug-likeness (QED) is 0.167. The molecule has 0 saturated heterocycles. The van der Waals surface area contributed by atoms with Crippen LogP contribution in [0.1, 0.15) is 0 Å². The molecule has 0 fully saturated rings. The number of pyridine rings is 5. The second-order valence-corrected chi connectivity index (χ2v) is 12.5. The summed E-state index contributed by atoms with van der Waals surface area (Å²) in [4.78, 5) is 38.8. The van der Waals surface area contributed by atoms with E-state index in [2.05, 4.69) is 59.6 Å². The highest BCUT2D eigenvalue weighted by Crippen LogP contribution is 2.42. The van der Waals surface area contributed by atoms with Crippen molar-refractivity contribution in [1.82, 2.24) is 39.9 Å². The van der Waals surface area contributed by atoms with Gasteiger partial charge in [-0.15, -0.1) is 0 Å². The SMILES string of the molecule is c1ccc(-c2nc(-c3ccncc3)nc(-c3cc(-c4c5cccnc5cc5cccnc45)cc(-c4c5cccnc5cc5cccnc45)c3)n2)cc1. The van der Waals surface area contributed by atoms with Crippen molar-refractivity contribution in [2.75, 3.05) is 0 Å². The van der Waals surface area contributed by atoms with Gasteiger partial charge in [0.1, 0.15) is 0 Å². The Labute approximate surface area is 297 Å². The largest absolute Gasteiger partial charge is 0.265 e. The van der Waals surface area contributed by atoms with Gasteiger partial charge in [-0.05, 0) is 77.9 Å². The minimum atomic E-state index is 0.537. The molecule has 52 heavy (non-hydrogen) atoms. The molecule has 0 radical (unpaired) electrons. The fourth-order valence-electron chi connectivity index (χ4n) is 7.01. The van der Waals surface area contributed by atoms with Crippen LogP contribution in [0.3, 0.4) is 0 Å². The number of rotatable bonds is 5. The summed E-state index contributed by atoms with van der Waals surface area (Å²) in [7, 11) is 0. The van der Waals surface area contributed by atoms with Crippen molar-refractivity contribution in [3.8, 4) is 56.4 Å². The lowest BCUT2D eigenvalue weighted by Crippen LogP contribution is -2.01. The van der Waals surface area contributed by atoms with Crippen molar-refractivity contribution < 1.29 is 0 Å². The van der Waals surface area contributed by atoms with Gasteiger partial charge in [0, 0.05) is 86.5 Å². The average Bonchev–Trinajstić information content (AvgIpc) is 3.22. The zero-order valence-corrected chi connectivity index (χ0v) is 27.6. The van der Waals surface area contributed by atoms with Crippen molar-refractivity contribution >= 4 is 43.6 Å². The highest BCUT2D eigenvalue weighted by molar-refractivity contribution is 6.13. The first kappa shape index (κ1) is 29.6. The van der Waals surface area contributed by atoms with E-state index in [4.69, 9.17) is 34.9 Å². The molecule has 10 rings (SSSR count). The zero-order chi connectivity index (χ0) is 34.4. The van der Waals surface area contributed by atoms with Crippen molar-refractivity contribution in [3.63, 3.8) is 0 Å². The Morgan fingerprint density at radius 1 is 0.327 bits per heavy atom. The molecule has 0 aliphatic rings. The minimum Gasteiger partial charge on any atom is -0.265 e. The average molecular weight is 667 g/mol. The van der Waals surface area contributed by atoms with Crippen LogP contribution in [0.25, 0.3) is 100 Å². The van der Waals surface area contributed by atoms with Crippen LogP contribution in [0.2, 0.25) is 0 Å². The Hall–Kier alpha value is -7.32. The summed E-state index contributed by atoms with van der Waals surface area (Å²) in [6, 6.07) is 40.8. The molecule has 0 N–H and O–H groups in total. The molecule has 0 aliphatic carbocycles. The number of hydrogen-bond donors (Lipinski definition) is 0. The molecule has 0 spiro atoms. The van der Waals surface area contributed by atoms with Gasteiger partial charge >= 0.3 is 0 Å². The van der Waals surface area contributed by atoms with Gasteiger partial charge in [-0.2, -0.15) is 0 Å². The third-order valence-electron chi connectivity index (χ3n) is 9.33. The van der Waals surface area contributed by atoms with Gasteiger partial charge in [-0.1, -0.05) is 54.6 Å². The zero-order valence-electron chi connectivity index (χ0n) is 27.6. The molecule has 8 nitrogen and oxygen atoms in total. The first-order valence-electron chi connectivity index (χ1n) is 16.9. The van der Waals surface area contributed by atoms with Crippen molar-refractivity contribution in [1.29, 1.82) is 0 Å². The molecule has 6 aromatic heterocycles. The summed E-state index contributed by atoms with van der Waals surface area (Å²) in [5.74, 6) is 1.67. The van der Waals surface area contributed by atoms with Crippen LogP contribution >= 0.6 is 0 Å². The number of aromatic nitrogens is 8. The summed E-state index contributed by atoms with van der Waals surface area (Å²) in [5.41, 5.74) is 9.95. The van der Waals surface area contributed by atoms with Crippen LogP contribution in [-0.2, 0) is 0 Å². The Morgan fingerprint density at radius 3 is 1.35 bits per heavy atom. The van der Waals surface area contributed by atoms with Gasteiger partial charge in [-0.25, -0.2) is 15.0 Å². The van der Waals surface area contributed by atoms with Gasteiger partial charge in [0.15, 0.2) is 17.5 Å². The van der Waals surface area contributed by atoms with Crippen LogP contribution < -0.4 is 0 Å².